The number of carbonyl (C=O) groups is 1. The minimum absolute atomic E-state index is 0.0884. The molecule has 136 valence electrons. The molecule has 6 nitrogen and oxygen atoms in total. The SMILES string of the molecule is COCCNC(=O)CCN(CCc1ccc(Cl)cc1Cl)S(C)(=O)=O. The van der Waals surface area contributed by atoms with Gasteiger partial charge in [-0.1, -0.05) is 29.3 Å². The predicted molar refractivity (Wildman–Crippen MR) is 96.1 cm³/mol. The molecule has 1 aromatic rings. The van der Waals surface area contributed by atoms with Crippen LogP contribution in [0.4, 0.5) is 0 Å². The van der Waals surface area contributed by atoms with Crippen LogP contribution in [0.5, 0.6) is 0 Å². The highest BCUT2D eigenvalue weighted by Gasteiger charge is 2.18. The predicted octanol–water partition coefficient (Wildman–Crippen LogP) is 1.95. The molecule has 1 amide bonds. The zero-order chi connectivity index (χ0) is 18.2. The van der Waals surface area contributed by atoms with Crippen LogP contribution < -0.4 is 5.32 Å². The molecule has 0 bridgehead atoms. The highest BCUT2D eigenvalue weighted by Crippen LogP contribution is 2.21. The number of sulfonamides is 1. The van der Waals surface area contributed by atoms with Gasteiger partial charge in [0.2, 0.25) is 15.9 Å². The molecule has 0 atom stereocenters. The molecule has 1 aromatic carbocycles. The lowest BCUT2D eigenvalue weighted by molar-refractivity contribution is -0.121. The summed E-state index contributed by atoms with van der Waals surface area (Å²) < 4.78 is 29.9. The largest absolute Gasteiger partial charge is 0.383 e. The molecular formula is C15H22Cl2N2O4S. The van der Waals surface area contributed by atoms with E-state index in [1.807, 2.05) is 0 Å². The van der Waals surface area contributed by atoms with E-state index in [2.05, 4.69) is 5.32 Å². The van der Waals surface area contributed by atoms with Crippen molar-refractivity contribution >= 4 is 39.1 Å². The molecule has 0 aliphatic heterocycles. The fraction of sp³-hybridized carbons (Fsp3) is 0.533. The van der Waals surface area contributed by atoms with E-state index in [1.54, 1.807) is 25.3 Å². The van der Waals surface area contributed by atoms with Crippen LogP contribution in [0, 0.1) is 0 Å². The lowest BCUT2D eigenvalue weighted by Gasteiger charge is -2.20. The summed E-state index contributed by atoms with van der Waals surface area (Å²) in [5, 5.41) is 3.68. The third-order valence-corrected chi connectivity index (χ3v) is 5.22. The van der Waals surface area contributed by atoms with Crippen molar-refractivity contribution in [3.8, 4) is 0 Å². The second kappa shape index (κ2) is 10.2. The van der Waals surface area contributed by atoms with Gasteiger partial charge < -0.3 is 10.1 Å². The van der Waals surface area contributed by atoms with E-state index in [0.29, 0.717) is 29.6 Å². The Labute approximate surface area is 153 Å². The molecule has 0 saturated heterocycles. The van der Waals surface area contributed by atoms with Crippen LogP contribution in [-0.2, 0) is 26.0 Å². The molecule has 0 aliphatic carbocycles. The lowest BCUT2D eigenvalue weighted by atomic mass is 10.1. The lowest BCUT2D eigenvalue weighted by Crippen LogP contribution is -2.36. The molecule has 24 heavy (non-hydrogen) atoms. The number of nitrogens with zero attached hydrogens (tertiary/aromatic N) is 1. The van der Waals surface area contributed by atoms with Gasteiger partial charge in [0.05, 0.1) is 12.9 Å². The normalized spacial score (nSPS) is 11.7. The first-order valence-corrected chi connectivity index (χ1v) is 9.99. The fourth-order valence-electron chi connectivity index (χ4n) is 2.02. The molecule has 0 heterocycles. The maximum atomic E-state index is 11.9. The highest BCUT2D eigenvalue weighted by atomic mass is 35.5. The van der Waals surface area contributed by atoms with Gasteiger partial charge in [-0.05, 0) is 24.1 Å². The maximum absolute atomic E-state index is 11.9. The van der Waals surface area contributed by atoms with Crippen molar-refractivity contribution in [2.24, 2.45) is 0 Å². The summed E-state index contributed by atoms with van der Waals surface area (Å²) in [6.45, 7) is 1.17. The number of ether oxygens (including phenoxy) is 1. The molecule has 9 heteroatoms. The quantitative estimate of drug-likeness (QED) is 0.613. The average Bonchev–Trinajstić information content (AvgIpc) is 2.48. The molecule has 0 spiro atoms. The third kappa shape index (κ3) is 7.81. The van der Waals surface area contributed by atoms with Gasteiger partial charge in [-0.2, -0.15) is 0 Å². The number of methoxy groups -OCH3 is 1. The van der Waals surface area contributed by atoms with Crippen LogP contribution in [0.25, 0.3) is 0 Å². The van der Waals surface area contributed by atoms with Crippen LogP contribution in [0.3, 0.4) is 0 Å². The molecule has 1 N–H and O–H groups in total. The minimum Gasteiger partial charge on any atom is -0.383 e. The molecule has 0 aromatic heterocycles. The van der Waals surface area contributed by atoms with Gasteiger partial charge in [0, 0.05) is 43.2 Å². The molecule has 0 aliphatic rings. The standard InChI is InChI=1S/C15H22Cl2N2O4S/c1-23-10-7-18-15(20)6-9-19(24(2,21)22)8-5-12-3-4-13(16)11-14(12)17/h3-4,11H,5-10H2,1-2H3,(H,18,20). The first-order valence-electron chi connectivity index (χ1n) is 7.38. The molecule has 0 unspecified atom stereocenters. The fourth-order valence-corrected chi connectivity index (χ4v) is 3.37. The average molecular weight is 397 g/mol. The summed E-state index contributed by atoms with van der Waals surface area (Å²) in [6, 6.07) is 5.09. The summed E-state index contributed by atoms with van der Waals surface area (Å²) in [4.78, 5) is 11.7. The molecular weight excluding hydrogens is 375 g/mol. The Morgan fingerprint density at radius 3 is 2.58 bits per heavy atom. The number of halogens is 2. The van der Waals surface area contributed by atoms with E-state index in [1.165, 1.54) is 4.31 Å². The van der Waals surface area contributed by atoms with Crippen molar-refractivity contribution in [2.45, 2.75) is 12.8 Å². The smallest absolute Gasteiger partial charge is 0.221 e. The van der Waals surface area contributed by atoms with Crippen LogP contribution >= 0.6 is 23.2 Å². The number of nitrogens with one attached hydrogen (secondary N) is 1. The highest BCUT2D eigenvalue weighted by molar-refractivity contribution is 7.88. The van der Waals surface area contributed by atoms with Gasteiger partial charge in [0.25, 0.3) is 0 Å². The Hall–Kier alpha value is -0.860. The van der Waals surface area contributed by atoms with Gasteiger partial charge >= 0.3 is 0 Å². The molecule has 1 rings (SSSR count). The van der Waals surface area contributed by atoms with Crippen molar-refractivity contribution in [1.82, 2.24) is 9.62 Å². The summed E-state index contributed by atoms with van der Waals surface area (Å²) in [6.07, 6.45) is 1.65. The first kappa shape index (κ1) is 21.2. The number of hydrogen-bond acceptors (Lipinski definition) is 4. The van der Waals surface area contributed by atoms with Crippen molar-refractivity contribution in [3.63, 3.8) is 0 Å². The van der Waals surface area contributed by atoms with Crippen LogP contribution in [-0.4, -0.2) is 58.2 Å². The minimum atomic E-state index is -3.42. The van der Waals surface area contributed by atoms with E-state index in [-0.39, 0.29) is 25.4 Å². The van der Waals surface area contributed by atoms with E-state index >= 15 is 0 Å². The van der Waals surface area contributed by atoms with Crippen molar-refractivity contribution < 1.29 is 17.9 Å². The third-order valence-electron chi connectivity index (χ3n) is 3.33. The Bertz CT molecular complexity index is 653. The van der Waals surface area contributed by atoms with Gasteiger partial charge in [0.15, 0.2) is 0 Å². The molecule has 0 fully saturated rings. The molecule has 0 radical (unpaired) electrons. The second-order valence-electron chi connectivity index (χ2n) is 5.24. The maximum Gasteiger partial charge on any atom is 0.221 e. The van der Waals surface area contributed by atoms with E-state index in [4.69, 9.17) is 27.9 Å². The van der Waals surface area contributed by atoms with Crippen molar-refractivity contribution in [3.05, 3.63) is 33.8 Å². The van der Waals surface area contributed by atoms with Crippen LogP contribution in [0.15, 0.2) is 18.2 Å². The zero-order valence-corrected chi connectivity index (χ0v) is 16.0. The van der Waals surface area contributed by atoms with E-state index in [0.717, 1.165) is 11.8 Å². The summed E-state index contributed by atoms with van der Waals surface area (Å²) in [7, 11) is -1.88. The van der Waals surface area contributed by atoms with Gasteiger partial charge in [-0.15, -0.1) is 0 Å². The molecule has 0 saturated carbocycles. The van der Waals surface area contributed by atoms with Crippen LogP contribution in [0.1, 0.15) is 12.0 Å². The Balaban J connectivity index is 2.58. The number of hydrogen-bond donors (Lipinski definition) is 1. The van der Waals surface area contributed by atoms with Gasteiger partial charge in [-0.3, -0.25) is 4.79 Å². The Morgan fingerprint density at radius 2 is 2.00 bits per heavy atom. The Morgan fingerprint density at radius 1 is 1.29 bits per heavy atom. The summed E-state index contributed by atoms with van der Waals surface area (Å²) >= 11 is 11.9. The van der Waals surface area contributed by atoms with Gasteiger partial charge in [0.1, 0.15) is 0 Å². The number of amides is 1. The monoisotopic (exact) mass is 396 g/mol. The van der Waals surface area contributed by atoms with E-state index < -0.39 is 10.0 Å². The summed E-state index contributed by atoms with van der Waals surface area (Å²) in [5.41, 5.74) is 0.805. The first-order chi connectivity index (χ1) is 11.2. The van der Waals surface area contributed by atoms with E-state index in [9.17, 15) is 13.2 Å². The topological polar surface area (TPSA) is 75.7 Å². The zero-order valence-electron chi connectivity index (χ0n) is 13.7. The summed E-state index contributed by atoms with van der Waals surface area (Å²) in [5.74, 6) is -0.217. The number of carbonyl (C=O) groups excluding carboxylic acids is 1. The van der Waals surface area contributed by atoms with Crippen LogP contribution in [0.2, 0.25) is 10.0 Å². The second-order valence-corrected chi connectivity index (χ2v) is 8.07. The van der Waals surface area contributed by atoms with Crippen molar-refractivity contribution in [2.75, 3.05) is 39.6 Å². The number of benzene rings is 1. The Kier molecular flexibility index (Phi) is 9.01. The van der Waals surface area contributed by atoms with Crippen molar-refractivity contribution in [1.29, 1.82) is 0 Å². The number of rotatable bonds is 10. The van der Waals surface area contributed by atoms with Gasteiger partial charge in [-0.25, -0.2) is 12.7 Å².